The predicted molar refractivity (Wildman–Crippen MR) is 82.1 cm³/mol. The Hall–Kier alpha value is -1.06. The van der Waals surface area contributed by atoms with Gasteiger partial charge in [0.15, 0.2) is 0 Å². The van der Waals surface area contributed by atoms with E-state index >= 15 is 0 Å². The van der Waals surface area contributed by atoms with Gasteiger partial charge in [0.1, 0.15) is 5.75 Å². The third-order valence-corrected chi connectivity index (χ3v) is 4.80. The van der Waals surface area contributed by atoms with Crippen LogP contribution in [0.15, 0.2) is 30.3 Å². The number of ether oxygens (including phenoxy) is 1. The number of hydrogen-bond acceptors (Lipinski definition) is 3. The van der Waals surface area contributed by atoms with Crippen LogP contribution in [0.5, 0.6) is 5.75 Å². The van der Waals surface area contributed by atoms with Crippen molar-refractivity contribution in [2.45, 2.75) is 31.7 Å². The summed E-state index contributed by atoms with van der Waals surface area (Å²) in [6, 6.07) is 10.1. The van der Waals surface area contributed by atoms with Crippen molar-refractivity contribution in [1.29, 1.82) is 0 Å². The van der Waals surface area contributed by atoms with E-state index in [-0.39, 0.29) is 0 Å². The zero-order valence-electron chi connectivity index (χ0n) is 12.5. The first-order valence-corrected chi connectivity index (χ1v) is 7.93. The van der Waals surface area contributed by atoms with Crippen molar-refractivity contribution < 1.29 is 4.74 Å². The van der Waals surface area contributed by atoms with E-state index in [0.29, 0.717) is 5.54 Å². The fourth-order valence-corrected chi connectivity index (χ4v) is 3.36. The maximum absolute atomic E-state index is 5.80. The van der Waals surface area contributed by atoms with Gasteiger partial charge in [0, 0.05) is 31.7 Å². The molecule has 2 fully saturated rings. The Kier molecular flexibility index (Phi) is 4.27. The number of benzene rings is 1. The molecule has 1 aromatic rings. The molecule has 1 aromatic carbocycles. The number of para-hydroxylation sites is 1. The third-order valence-electron chi connectivity index (χ3n) is 4.80. The second-order valence-corrected chi connectivity index (χ2v) is 6.31. The number of hydrogen-bond donors (Lipinski definition) is 1. The van der Waals surface area contributed by atoms with Crippen molar-refractivity contribution >= 4 is 0 Å². The number of rotatable bonds is 6. The Balaban J connectivity index is 1.45. The Morgan fingerprint density at radius 3 is 2.85 bits per heavy atom. The Morgan fingerprint density at radius 2 is 2.10 bits per heavy atom. The standard InChI is InChI=1S/C17H26N2O/c1-17(15-8-9-15)14-18-10-12-19(17)11-5-13-20-16-6-3-2-4-7-16/h2-4,6-7,15,18H,5,8-14H2,1H3. The lowest BCUT2D eigenvalue weighted by atomic mass is 9.91. The first-order valence-electron chi connectivity index (χ1n) is 7.93. The van der Waals surface area contributed by atoms with Crippen LogP contribution >= 0.6 is 0 Å². The van der Waals surface area contributed by atoms with E-state index in [1.807, 2.05) is 30.3 Å². The van der Waals surface area contributed by atoms with Crippen LogP contribution < -0.4 is 10.1 Å². The molecule has 3 rings (SSSR count). The van der Waals surface area contributed by atoms with Gasteiger partial charge in [0.05, 0.1) is 6.61 Å². The molecule has 1 heterocycles. The lowest BCUT2D eigenvalue weighted by molar-refractivity contribution is 0.0512. The molecule has 0 bridgehead atoms. The minimum atomic E-state index is 0.380. The SMILES string of the molecule is CC1(C2CC2)CNCCN1CCCOc1ccccc1. The lowest BCUT2D eigenvalue weighted by Gasteiger charge is -2.46. The van der Waals surface area contributed by atoms with Crippen molar-refractivity contribution in [2.24, 2.45) is 5.92 Å². The topological polar surface area (TPSA) is 24.5 Å². The highest BCUT2D eigenvalue weighted by Crippen LogP contribution is 2.43. The summed E-state index contributed by atoms with van der Waals surface area (Å²) in [6.45, 7) is 7.86. The van der Waals surface area contributed by atoms with Crippen molar-refractivity contribution in [3.8, 4) is 5.75 Å². The molecule has 3 nitrogen and oxygen atoms in total. The summed E-state index contributed by atoms with van der Waals surface area (Å²) >= 11 is 0. The summed E-state index contributed by atoms with van der Waals surface area (Å²) in [5.74, 6) is 1.89. The second kappa shape index (κ2) is 6.15. The van der Waals surface area contributed by atoms with Gasteiger partial charge in [-0.25, -0.2) is 0 Å². The average Bonchev–Trinajstić information content (AvgIpc) is 3.31. The molecule has 2 aliphatic rings. The smallest absolute Gasteiger partial charge is 0.119 e. The minimum absolute atomic E-state index is 0.380. The van der Waals surface area contributed by atoms with E-state index in [1.165, 1.54) is 19.4 Å². The maximum atomic E-state index is 5.80. The van der Waals surface area contributed by atoms with Gasteiger partial charge in [-0.2, -0.15) is 0 Å². The van der Waals surface area contributed by atoms with Crippen molar-refractivity contribution in [3.05, 3.63) is 30.3 Å². The molecular weight excluding hydrogens is 248 g/mol. The van der Waals surface area contributed by atoms with E-state index in [4.69, 9.17) is 4.74 Å². The number of nitrogens with one attached hydrogen (secondary N) is 1. The van der Waals surface area contributed by atoms with Gasteiger partial charge in [-0.05, 0) is 44.2 Å². The van der Waals surface area contributed by atoms with Crippen LogP contribution in [0.4, 0.5) is 0 Å². The van der Waals surface area contributed by atoms with Crippen LogP contribution in [0.1, 0.15) is 26.2 Å². The molecule has 1 N–H and O–H groups in total. The highest BCUT2D eigenvalue weighted by atomic mass is 16.5. The maximum Gasteiger partial charge on any atom is 0.119 e. The molecule has 1 atom stereocenters. The first-order chi connectivity index (χ1) is 9.79. The number of piperazine rings is 1. The normalized spacial score (nSPS) is 27.4. The monoisotopic (exact) mass is 274 g/mol. The van der Waals surface area contributed by atoms with Gasteiger partial charge in [-0.3, -0.25) is 4.90 Å². The summed E-state index contributed by atoms with van der Waals surface area (Å²) in [5.41, 5.74) is 0.380. The van der Waals surface area contributed by atoms with Crippen LogP contribution in [0.2, 0.25) is 0 Å². The summed E-state index contributed by atoms with van der Waals surface area (Å²) in [4.78, 5) is 2.69. The van der Waals surface area contributed by atoms with Gasteiger partial charge in [0.2, 0.25) is 0 Å². The van der Waals surface area contributed by atoms with Gasteiger partial charge in [-0.1, -0.05) is 18.2 Å². The molecule has 0 amide bonds. The van der Waals surface area contributed by atoms with Crippen LogP contribution in [-0.2, 0) is 0 Å². The minimum Gasteiger partial charge on any atom is -0.494 e. The zero-order valence-corrected chi connectivity index (χ0v) is 12.5. The quantitative estimate of drug-likeness (QED) is 0.807. The molecule has 1 saturated heterocycles. The summed E-state index contributed by atoms with van der Waals surface area (Å²) in [7, 11) is 0. The van der Waals surface area contributed by atoms with Crippen molar-refractivity contribution in [1.82, 2.24) is 10.2 Å². The van der Waals surface area contributed by atoms with E-state index in [0.717, 1.165) is 44.3 Å². The average molecular weight is 274 g/mol. The molecule has 0 radical (unpaired) electrons. The highest BCUT2D eigenvalue weighted by molar-refractivity contribution is 5.20. The number of nitrogens with zero attached hydrogens (tertiary/aromatic N) is 1. The fourth-order valence-electron chi connectivity index (χ4n) is 3.36. The molecule has 0 aromatic heterocycles. The van der Waals surface area contributed by atoms with E-state index in [2.05, 4.69) is 17.1 Å². The van der Waals surface area contributed by atoms with Gasteiger partial charge >= 0.3 is 0 Å². The zero-order chi connectivity index (χ0) is 13.8. The predicted octanol–water partition coefficient (Wildman–Crippen LogP) is 2.53. The Labute approximate surface area is 122 Å². The van der Waals surface area contributed by atoms with Gasteiger partial charge in [0.25, 0.3) is 0 Å². The molecule has 0 spiro atoms. The largest absolute Gasteiger partial charge is 0.494 e. The summed E-state index contributed by atoms with van der Waals surface area (Å²) < 4.78 is 5.80. The first kappa shape index (κ1) is 13.9. The molecule has 110 valence electrons. The lowest BCUT2D eigenvalue weighted by Crippen LogP contribution is -2.61. The Morgan fingerprint density at radius 1 is 1.30 bits per heavy atom. The van der Waals surface area contributed by atoms with E-state index in [9.17, 15) is 0 Å². The van der Waals surface area contributed by atoms with E-state index < -0.39 is 0 Å². The van der Waals surface area contributed by atoms with Crippen molar-refractivity contribution in [3.63, 3.8) is 0 Å². The van der Waals surface area contributed by atoms with Gasteiger partial charge < -0.3 is 10.1 Å². The third kappa shape index (κ3) is 3.15. The highest BCUT2D eigenvalue weighted by Gasteiger charge is 2.46. The fraction of sp³-hybridized carbons (Fsp3) is 0.647. The molecule has 1 aliphatic carbocycles. The molecule has 20 heavy (non-hydrogen) atoms. The molecule has 1 unspecified atom stereocenters. The molecule has 1 aliphatic heterocycles. The van der Waals surface area contributed by atoms with Gasteiger partial charge in [-0.15, -0.1) is 0 Å². The Bertz CT molecular complexity index is 418. The van der Waals surface area contributed by atoms with E-state index in [1.54, 1.807) is 0 Å². The molecular formula is C17H26N2O. The summed E-state index contributed by atoms with van der Waals surface area (Å²) in [6.07, 6.45) is 3.93. The summed E-state index contributed by atoms with van der Waals surface area (Å²) in [5, 5.41) is 3.57. The molecule has 1 saturated carbocycles. The van der Waals surface area contributed by atoms with Crippen LogP contribution in [0, 0.1) is 5.92 Å². The van der Waals surface area contributed by atoms with Crippen molar-refractivity contribution in [2.75, 3.05) is 32.8 Å². The second-order valence-electron chi connectivity index (χ2n) is 6.31. The van der Waals surface area contributed by atoms with Crippen LogP contribution in [0.25, 0.3) is 0 Å². The van der Waals surface area contributed by atoms with Crippen LogP contribution in [0.3, 0.4) is 0 Å². The molecule has 3 heteroatoms. The van der Waals surface area contributed by atoms with Crippen LogP contribution in [-0.4, -0.2) is 43.2 Å².